The first-order valence-corrected chi connectivity index (χ1v) is 10.8. The monoisotopic (exact) mass is 490 g/mol. The second kappa shape index (κ2) is 8.79. The van der Waals surface area contributed by atoms with Crippen LogP contribution in [0.4, 0.5) is 30.5 Å². The number of benzene rings is 1. The van der Waals surface area contributed by atoms with Crippen LogP contribution < -0.4 is 14.5 Å². The van der Waals surface area contributed by atoms with Crippen LogP contribution in [0.25, 0.3) is 0 Å². The lowest BCUT2D eigenvalue weighted by Crippen LogP contribution is -2.45. The summed E-state index contributed by atoms with van der Waals surface area (Å²) in [5.74, 6) is 0.285. The third kappa shape index (κ3) is 4.40. The molecule has 3 heterocycles. The number of pyridine rings is 2. The maximum atomic E-state index is 13.7. The van der Waals surface area contributed by atoms with Crippen LogP contribution in [0.5, 0.6) is 5.88 Å². The number of ether oxygens (including phenoxy) is 1. The fraction of sp³-hybridized carbons (Fsp3) is 0.292. The van der Waals surface area contributed by atoms with Gasteiger partial charge in [0.05, 0.1) is 12.7 Å². The van der Waals surface area contributed by atoms with E-state index in [1.54, 1.807) is 37.4 Å². The molecule has 1 aromatic carbocycles. The second-order valence-corrected chi connectivity index (χ2v) is 8.52. The first-order chi connectivity index (χ1) is 16.0. The molecule has 0 spiro atoms. The molecule has 0 radical (unpaired) electrons. The molecule has 1 aliphatic rings. The maximum Gasteiger partial charge on any atom is 0.416 e. The lowest BCUT2D eigenvalue weighted by Gasteiger charge is -2.29. The zero-order valence-electron chi connectivity index (χ0n) is 18.9. The molecule has 6 nitrogen and oxygen atoms in total. The zero-order valence-corrected chi connectivity index (χ0v) is 19.7. The Morgan fingerprint density at radius 1 is 1.15 bits per heavy atom. The normalized spacial score (nSPS) is 15.3. The number of aryl methyl sites for hydroxylation is 2. The zero-order chi connectivity index (χ0) is 24.8. The highest BCUT2D eigenvalue weighted by atomic mass is 35.5. The number of amides is 1. The Morgan fingerprint density at radius 3 is 2.53 bits per heavy atom. The molecule has 0 aliphatic carbocycles. The number of hydrogen-bond acceptors (Lipinski definition) is 5. The van der Waals surface area contributed by atoms with E-state index in [1.807, 2.05) is 6.92 Å². The highest BCUT2D eigenvalue weighted by Gasteiger charge is 2.41. The summed E-state index contributed by atoms with van der Waals surface area (Å²) in [7, 11) is 3.06. The van der Waals surface area contributed by atoms with E-state index in [0.717, 1.165) is 17.7 Å². The Balaban J connectivity index is 1.81. The van der Waals surface area contributed by atoms with E-state index < -0.39 is 17.8 Å². The number of fused-ring (bicyclic) bond motifs is 1. The van der Waals surface area contributed by atoms with Crippen molar-refractivity contribution in [3.63, 3.8) is 0 Å². The van der Waals surface area contributed by atoms with Crippen molar-refractivity contribution in [2.45, 2.75) is 32.5 Å². The minimum absolute atomic E-state index is 0.00846. The fourth-order valence-electron chi connectivity index (χ4n) is 3.98. The molecule has 178 valence electrons. The molecular formula is C24H22ClF3N4O2. The van der Waals surface area contributed by atoms with Gasteiger partial charge in [0.1, 0.15) is 17.7 Å². The predicted octanol–water partition coefficient (Wildman–Crippen LogP) is 5.50. The van der Waals surface area contributed by atoms with Crippen LogP contribution in [0.2, 0.25) is 5.02 Å². The van der Waals surface area contributed by atoms with Crippen molar-refractivity contribution in [2.75, 3.05) is 24.0 Å². The molecular weight excluding hydrogens is 469 g/mol. The number of aromatic nitrogens is 2. The van der Waals surface area contributed by atoms with Gasteiger partial charge >= 0.3 is 6.18 Å². The lowest BCUT2D eigenvalue weighted by atomic mass is 10.1. The highest BCUT2D eigenvalue weighted by Crippen LogP contribution is 2.40. The van der Waals surface area contributed by atoms with E-state index >= 15 is 0 Å². The van der Waals surface area contributed by atoms with Crippen molar-refractivity contribution >= 4 is 34.8 Å². The number of anilines is 3. The summed E-state index contributed by atoms with van der Waals surface area (Å²) in [5, 5.41) is 0.569. The van der Waals surface area contributed by atoms with Crippen LogP contribution in [0, 0.1) is 13.8 Å². The smallest absolute Gasteiger partial charge is 0.416 e. The number of nitrogens with zero attached hydrogens (tertiary/aromatic N) is 4. The Labute approximate surface area is 199 Å². The van der Waals surface area contributed by atoms with Gasteiger partial charge in [-0.15, -0.1) is 0 Å². The van der Waals surface area contributed by atoms with Crippen LogP contribution in [-0.4, -0.2) is 36.1 Å². The van der Waals surface area contributed by atoms with Crippen molar-refractivity contribution in [3.05, 3.63) is 69.9 Å². The van der Waals surface area contributed by atoms with Gasteiger partial charge in [0.2, 0.25) is 11.8 Å². The van der Waals surface area contributed by atoms with Crippen molar-refractivity contribution < 1.29 is 22.7 Å². The van der Waals surface area contributed by atoms with Gasteiger partial charge in [-0.3, -0.25) is 9.69 Å². The molecule has 4 rings (SSSR count). The quantitative estimate of drug-likeness (QED) is 0.483. The molecule has 0 N–H and O–H groups in total. The number of halogens is 4. The summed E-state index contributed by atoms with van der Waals surface area (Å²) in [6.07, 6.45) is -4.32. The molecule has 1 unspecified atom stereocenters. The number of likely N-dealkylation sites (N-methyl/N-ethyl adjacent to an activating group) is 1. The number of methoxy groups -OCH3 is 1. The molecule has 34 heavy (non-hydrogen) atoms. The number of alkyl halides is 3. The van der Waals surface area contributed by atoms with Crippen molar-refractivity contribution in [1.29, 1.82) is 0 Å². The van der Waals surface area contributed by atoms with Crippen LogP contribution in [0.3, 0.4) is 0 Å². The van der Waals surface area contributed by atoms with Crippen LogP contribution in [0.1, 0.15) is 22.4 Å². The van der Waals surface area contributed by atoms with Crippen molar-refractivity contribution in [1.82, 2.24) is 9.97 Å². The molecule has 0 bridgehead atoms. The third-order valence-corrected chi connectivity index (χ3v) is 6.18. The van der Waals surface area contributed by atoms with Gasteiger partial charge in [-0.05, 0) is 61.4 Å². The average Bonchev–Trinajstić information content (AvgIpc) is 3.17. The topological polar surface area (TPSA) is 58.6 Å². The highest BCUT2D eigenvalue weighted by molar-refractivity contribution is 6.31. The summed E-state index contributed by atoms with van der Waals surface area (Å²) < 4.78 is 45.9. The molecule has 10 heteroatoms. The summed E-state index contributed by atoms with van der Waals surface area (Å²) in [6, 6.07) is 9.66. The molecule has 0 saturated carbocycles. The Morgan fingerprint density at radius 2 is 1.88 bits per heavy atom. The first kappa shape index (κ1) is 23.8. The largest absolute Gasteiger partial charge is 0.481 e. The van der Waals surface area contributed by atoms with Gasteiger partial charge < -0.3 is 9.64 Å². The van der Waals surface area contributed by atoms with Gasteiger partial charge in [0, 0.05) is 35.9 Å². The number of rotatable bonds is 4. The molecule has 1 atom stereocenters. The molecule has 3 aromatic rings. The molecule has 1 aliphatic heterocycles. The minimum Gasteiger partial charge on any atom is -0.481 e. The Kier molecular flexibility index (Phi) is 6.16. The van der Waals surface area contributed by atoms with Crippen molar-refractivity contribution in [2.24, 2.45) is 0 Å². The fourth-order valence-corrected chi connectivity index (χ4v) is 4.10. The van der Waals surface area contributed by atoms with E-state index in [1.165, 1.54) is 23.8 Å². The summed E-state index contributed by atoms with van der Waals surface area (Å²) in [5.41, 5.74) is 1.44. The predicted molar refractivity (Wildman–Crippen MR) is 124 cm³/mol. The molecule has 2 aromatic heterocycles. The van der Waals surface area contributed by atoms with Gasteiger partial charge in [-0.2, -0.15) is 18.2 Å². The molecule has 1 amide bonds. The van der Waals surface area contributed by atoms with Crippen LogP contribution in [-0.2, 0) is 17.4 Å². The molecule has 0 saturated heterocycles. The van der Waals surface area contributed by atoms with Gasteiger partial charge in [-0.1, -0.05) is 11.6 Å². The summed E-state index contributed by atoms with van der Waals surface area (Å²) >= 11 is 6.12. The summed E-state index contributed by atoms with van der Waals surface area (Å²) in [4.78, 5) is 25.3. The van der Waals surface area contributed by atoms with Crippen LogP contribution >= 0.6 is 11.6 Å². The van der Waals surface area contributed by atoms with E-state index in [9.17, 15) is 18.0 Å². The summed E-state index contributed by atoms with van der Waals surface area (Å²) in [6.45, 7) is 3.31. The van der Waals surface area contributed by atoms with Gasteiger partial charge in [0.25, 0.3) is 0 Å². The average molecular weight is 491 g/mol. The lowest BCUT2D eigenvalue weighted by molar-refractivity contribution is -0.137. The number of carbonyl (C=O) groups is 1. The van der Waals surface area contributed by atoms with Gasteiger partial charge in [0.15, 0.2) is 0 Å². The maximum absolute atomic E-state index is 13.7. The van der Waals surface area contributed by atoms with Gasteiger partial charge in [-0.25, -0.2) is 4.98 Å². The molecule has 0 fully saturated rings. The third-order valence-electron chi connectivity index (χ3n) is 5.75. The Bertz CT molecular complexity index is 1270. The number of hydrogen-bond donors (Lipinski definition) is 0. The SMILES string of the molecule is COc1ccc2c(n1)N(c1cc(C(F)(F)F)cc(C)n1)C(C(=O)N(C)c1ccc(Cl)c(C)c1)C2. The first-order valence-electron chi connectivity index (χ1n) is 10.4. The standard InChI is InChI=1S/C24H22ClF3N4O2/c1-13-9-17(6-7-18(13)25)31(3)23(33)19-11-15-5-8-21(34-4)30-22(15)32(19)20-12-16(24(26,27)28)10-14(2)29-20/h5-10,12,19H,11H2,1-4H3. The second-order valence-electron chi connectivity index (χ2n) is 8.11. The van der Waals surface area contributed by atoms with Crippen molar-refractivity contribution in [3.8, 4) is 5.88 Å². The van der Waals surface area contributed by atoms with E-state index in [4.69, 9.17) is 16.3 Å². The Hall–Kier alpha value is -3.33. The van der Waals surface area contributed by atoms with E-state index in [2.05, 4.69) is 9.97 Å². The van der Waals surface area contributed by atoms with E-state index in [0.29, 0.717) is 22.1 Å². The van der Waals surface area contributed by atoms with Crippen LogP contribution in [0.15, 0.2) is 42.5 Å². The number of carbonyl (C=O) groups excluding carboxylic acids is 1. The van der Waals surface area contributed by atoms with E-state index in [-0.39, 0.29) is 29.7 Å². The minimum atomic E-state index is -4.57.